The third-order valence-electron chi connectivity index (χ3n) is 2.10. The first-order valence-electron chi connectivity index (χ1n) is 4.76. The molecule has 1 atom stereocenters. The standard InChI is InChI=1S/C10H11ClN2S2/c1-3-7-4-5-14-8(7)10-13-12-9(15-10)6(2)11/h4-6H,3H2,1-2H3. The highest BCUT2D eigenvalue weighted by Gasteiger charge is 2.13. The van der Waals surface area contributed by atoms with E-state index in [1.807, 2.05) is 6.92 Å². The van der Waals surface area contributed by atoms with E-state index in [0.717, 1.165) is 16.4 Å². The number of hydrogen-bond donors (Lipinski definition) is 0. The highest BCUT2D eigenvalue weighted by molar-refractivity contribution is 7.21. The van der Waals surface area contributed by atoms with Crippen LogP contribution in [0.2, 0.25) is 0 Å². The zero-order chi connectivity index (χ0) is 10.8. The van der Waals surface area contributed by atoms with Crippen molar-refractivity contribution >= 4 is 34.3 Å². The van der Waals surface area contributed by atoms with Gasteiger partial charge in [0.15, 0.2) is 5.01 Å². The Balaban J connectivity index is 2.37. The Hall–Kier alpha value is -0.450. The molecule has 2 rings (SSSR count). The Morgan fingerprint density at radius 1 is 1.47 bits per heavy atom. The van der Waals surface area contributed by atoms with Crippen LogP contribution in [-0.4, -0.2) is 10.2 Å². The Labute approximate surface area is 102 Å². The summed E-state index contributed by atoms with van der Waals surface area (Å²) in [6.07, 6.45) is 1.03. The molecule has 5 heteroatoms. The molecule has 0 bridgehead atoms. The van der Waals surface area contributed by atoms with Gasteiger partial charge >= 0.3 is 0 Å². The van der Waals surface area contributed by atoms with Gasteiger partial charge in [0.05, 0.1) is 10.3 Å². The van der Waals surface area contributed by atoms with Gasteiger partial charge in [-0.05, 0) is 30.4 Å². The van der Waals surface area contributed by atoms with Gasteiger partial charge < -0.3 is 0 Å². The topological polar surface area (TPSA) is 25.8 Å². The molecular formula is C10H11ClN2S2. The van der Waals surface area contributed by atoms with Crippen LogP contribution >= 0.6 is 34.3 Å². The number of thiophene rings is 1. The maximum Gasteiger partial charge on any atom is 0.158 e. The molecule has 2 aromatic rings. The molecule has 0 aliphatic rings. The molecule has 0 N–H and O–H groups in total. The second kappa shape index (κ2) is 4.60. The van der Waals surface area contributed by atoms with Crippen LogP contribution in [0.5, 0.6) is 0 Å². The summed E-state index contributed by atoms with van der Waals surface area (Å²) in [6.45, 7) is 4.07. The van der Waals surface area contributed by atoms with Gasteiger partial charge in [0.2, 0.25) is 0 Å². The fourth-order valence-electron chi connectivity index (χ4n) is 1.29. The molecule has 0 amide bonds. The molecule has 0 aliphatic carbocycles. The van der Waals surface area contributed by atoms with Gasteiger partial charge in [0.25, 0.3) is 0 Å². The molecule has 2 heterocycles. The SMILES string of the molecule is CCc1ccsc1-c1nnc(C(C)Cl)s1. The summed E-state index contributed by atoms with van der Waals surface area (Å²) in [6, 6.07) is 2.14. The smallest absolute Gasteiger partial charge is 0.142 e. The van der Waals surface area contributed by atoms with Gasteiger partial charge in [0.1, 0.15) is 5.01 Å². The summed E-state index contributed by atoms with van der Waals surface area (Å²) in [4.78, 5) is 1.23. The van der Waals surface area contributed by atoms with Gasteiger partial charge in [0, 0.05) is 0 Å². The van der Waals surface area contributed by atoms with Gasteiger partial charge in [-0.2, -0.15) is 0 Å². The van der Waals surface area contributed by atoms with E-state index in [1.54, 1.807) is 22.7 Å². The molecule has 1 unspecified atom stereocenters. The van der Waals surface area contributed by atoms with Crippen LogP contribution in [0.1, 0.15) is 29.8 Å². The average Bonchev–Trinajstić information content (AvgIpc) is 2.85. The minimum absolute atomic E-state index is 0.0544. The molecule has 0 aromatic carbocycles. The number of alkyl halides is 1. The zero-order valence-electron chi connectivity index (χ0n) is 8.53. The van der Waals surface area contributed by atoms with Gasteiger partial charge in [-0.25, -0.2) is 0 Å². The zero-order valence-corrected chi connectivity index (χ0v) is 10.9. The Kier molecular flexibility index (Phi) is 3.38. The van der Waals surface area contributed by atoms with Crippen LogP contribution < -0.4 is 0 Å². The average molecular weight is 259 g/mol. The molecule has 2 nitrogen and oxygen atoms in total. The fraction of sp³-hybridized carbons (Fsp3) is 0.400. The van der Waals surface area contributed by atoms with E-state index in [-0.39, 0.29) is 5.38 Å². The van der Waals surface area contributed by atoms with Crippen molar-refractivity contribution < 1.29 is 0 Å². The molecule has 80 valence electrons. The van der Waals surface area contributed by atoms with Crippen molar-refractivity contribution in [2.45, 2.75) is 25.6 Å². The molecule has 2 aromatic heterocycles. The number of aryl methyl sites for hydroxylation is 1. The van der Waals surface area contributed by atoms with Crippen LogP contribution in [0, 0.1) is 0 Å². The third-order valence-corrected chi connectivity index (χ3v) is 4.65. The Bertz CT molecular complexity index is 448. The number of hydrogen-bond acceptors (Lipinski definition) is 4. The number of nitrogens with zero attached hydrogens (tertiary/aromatic N) is 2. The summed E-state index contributed by atoms with van der Waals surface area (Å²) in [5, 5.41) is 12.2. The minimum Gasteiger partial charge on any atom is -0.142 e. The predicted molar refractivity (Wildman–Crippen MR) is 66.9 cm³/mol. The maximum atomic E-state index is 5.96. The highest BCUT2D eigenvalue weighted by Crippen LogP contribution is 2.34. The van der Waals surface area contributed by atoms with Crippen LogP contribution in [0.3, 0.4) is 0 Å². The number of rotatable bonds is 3. The second-order valence-corrected chi connectivity index (χ2v) is 5.77. The second-order valence-electron chi connectivity index (χ2n) is 3.19. The lowest BCUT2D eigenvalue weighted by molar-refractivity contribution is 0.962. The van der Waals surface area contributed by atoms with Crippen molar-refractivity contribution in [1.82, 2.24) is 10.2 Å². The molecule has 0 spiro atoms. The lowest BCUT2D eigenvalue weighted by Gasteiger charge is -1.94. The van der Waals surface area contributed by atoms with Crippen LogP contribution in [0.25, 0.3) is 9.88 Å². The molecule has 0 saturated heterocycles. The molecule has 0 radical (unpaired) electrons. The van der Waals surface area contributed by atoms with Gasteiger partial charge in [-0.1, -0.05) is 18.3 Å². The van der Waals surface area contributed by atoms with Crippen LogP contribution in [-0.2, 0) is 6.42 Å². The molecule has 0 saturated carbocycles. The molecule has 0 fully saturated rings. The first kappa shape index (κ1) is 11.0. The quantitative estimate of drug-likeness (QED) is 0.774. The van der Waals surface area contributed by atoms with Crippen molar-refractivity contribution in [2.24, 2.45) is 0 Å². The maximum absolute atomic E-state index is 5.96. The largest absolute Gasteiger partial charge is 0.158 e. The third kappa shape index (κ3) is 2.22. The minimum atomic E-state index is -0.0544. The molecular weight excluding hydrogens is 248 g/mol. The van der Waals surface area contributed by atoms with E-state index in [2.05, 4.69) is 28.6 Å². The van der Waals surface area contributed by atoms with Crippen molar-refractivity contribution in [3.8, 4) is 9.88 Å². The summed E-state index contributed by atoms with van der Waals surface area (Å²) in [5.41, 5.74) is 1.34. The lowest BCUT2D eigenvalue weighted by Crippen LogP contribution is -1.81. The molecule has 0 aliphatic heterocycles. The van der Waals surface area contributed by atoms with Crippen molar-refractivity contribution in [3.05, 3.63) is 22.0 Å². The molecule has 15 heavy (non-hydrogen) atoms. The van der Waals surface area contributed by atoms with Crippen molar-refractivity contribution in [1.29, 1.82) is 0 Å². The summed E-state index contributed by atoms with van der Waals surface area (Å²) in [5.74, 6) is 0. The van der Waals surface area contributed by atoms with Crippen molar-refractivity contribution in [3.63, 3.8) is 0 Å². The van der Waals surface area contributed by atoms with Gasteiger partial charge in [-0.15, -0.1) is 33.1 Å². The monoisotopic (exact) mass is 258 g/mol. The summed E-state index contributed by atoms with van der Waals surface area (Å²) in [7, 11) is 0. The fourth-order valence-corrected chi connectivity index (χ4v) is 3.36. The normalized spacial score (nSPS) is 13.0. The van der Waals surface area contributed by atoms with Crippen molar-refractivity contribution in [2.75, 3.05) is 0 Å². The first-order valence-corrected chi connectivity index (χ1v) is 6.89. The summed E-state index contributed by atoms with van der Waals surface area (Å²) < 4.78 is 0. The van der Waals surface area contributed by atoms with E-state index >= 15 is 0 Å². The Morgan fingerprint density at radius 3 is 2.87 bits per heavy atom. The van der Waals surface area contributed by atoms with E-state index in [9.17, 15) is 0 Å². The number of aromatic nitrogens is 2. The van der Waals surface area contributed by atoms with Crippen LogP contribution in [0.4, 0.5) is 0 Å². The van der Waals surface area contributed by atoms with E-state index in [4.69, 9.17) is 11.6 Å². The first-order chi connectivity index (χ1) is 7.22. The predicted octanol–water partition coefficient (Wildman–Crippen LogP) is 4.13. The van der Waals surface area contributed by atoms with E-state index in [1.165, 1.54) is 10.4 Å². The van der Waals surface area contributed by atoms with E-state index < -0.39 is 0 Å². The van der Waals surface area contributed by atoms with Gasteiger partial charge in [-0.3, -0.25) is 0 Å². The van der Waals surface area contributed by atoms with E-state index in [0.29, 0.717) is 0 Å². The summed E-state index contributed by atoms with van der Waals surface area (Å²) >= 11 is 9.26. The lowest BCUT2D eigenvalue weighted by atomic mass is 10.2. The Morgan fingerprint density at radius 2 is 2.27 bits per heavy atom. The highest BCUT2D eigenvalue weighted by atomic mass is 35.5. The van der Waals surface area contributed by atoms with Crippen LogP contribution in [0.15, 0.2) is 11.4 Å². The number of halogens is 1.